The first-order valence-electron chi connectivity index (χ1n) is 23.4. The molecule has 6 nitrogen and oxygen atoms in total. The summed E-state index contributed by atoms with van der Waals surface area (Å²) in [5.74, 6) is 2.84. The van der Waals surface area contributed by atoms with Crippen molar-refractivity contribution in [2.24, 2.45) is 0 Å². The average Bonchev–Trinajstić information content (AvgIpc) is 4.18. The molecule has 0 saturated heterocycles. The van der Waals surface area contributed by atoms with Gasteiger partial charge in [-0.1, -0.05) is 162 Å². The summed E-state index contributed by atoms with van der Waals surface area (Å²) in [4.78, 5) is 13.8. The van der Waals surface area contributed by atoms with Gasteiger partial charge in [-0.2, -0.15) is 0 Å². The van der Waals surface area contributed by atoms with Gasteiger partial charge in [0.05, 0.1) is 17.2 Å². The minimum atomic E-state index is 0. The van der Waals surface area contributed by atoms with Gasteiger partial charge in [-0.15, -0.1) is 35.4 Å². The minimum Gasteiger partial charge on any atom is -0.340 e. The third kappa shape index (κ3) is 11.3. The molecule has 1 radical (unpaired) electrons. The van der Waals surface area contributed by atoms with E-state index in [0.717, 1.165) is 38.6 Å². The number of nitrogens with zero attached hydrogens (tertiary/aromatic N) is 6. The van der Waals surface area contributed by atoms with E-state index >= 15 is 0 Å². The predicted octanol–water partition coefficient (Wildman–Crippen LogP) is 16.4. The van der Waals surface area contributed by atoms with E-state index in [2.05, 4.69) is 244 Å². The van der Waals surface area contributed by atoms with E-state index in [9.17, 15) is 0 Å². The van der Waals surface area contributed by atoms with Crippen molar-refractivity contribution < 1.29 is 20.1 Å². The summed E-state index contributed by atoms with van der Waals surface area (Å²) in [6.45, 7) is 12.8. The van der Waals surface area contributed by atoms with Crippen LogP contribution < -0.4 is 0 Å². The standard InChI is InChI=1S/C23H20N2.C23H19N2.C17H15BrN2.Ir/c2*1-17-8-6-9-18(2)22(17)25-15-14-24-23(25)21-13-7-12-20(16-21)19-10-4-3-5-11-19;1-12-5-3-6-13(2)16(12)20-10-9-19-17(20)14-7-4-8-15(18)11-14;/h3-16H,1-2H3;3-12,14-16H,1-2H3;3-11H,1-2H3;/q;-1;;. The fourth-order valence-corrected chi connectivity index (χ4v) is 9.54. The van der Waals surface area contributed by atoms with Crippen LogP contribution in [-0.4, -0.2) is 28.7 Å². The summed E-state index contributed by atoms with van der Waals surface area (Å²) in [5.41, 5.74) is 19.1. The zero-order chi connectivity index (χ0) is 48.6. The molecule has 0 aliphatic rings. The van der Waals surface area contributed by atoms with Gasteiger partial charge in [0.2, 0.25) is 0 Å². The Morgan fingerprint density at radius 3 is 1.15 bits per heavy atom. The summed E-state index contributed by atoms with van der Waals surface area (Å²) in [7, 11) is 0. The SMILES string of the molecule is Cc1cccc(C)c1-n1ccnc1-c1[c-]ccc(-c2ccccc2)c1.Cc1cccc(C)c1-n1ccnc1-c1cccc(-c2ccccc2)c1.Cc1cccc(C)c1-n1ccnc1-c1cccc(Br)c1.[Ir]. The van der Waals surface area contributed by atoms with Crippen LogP contribution in [0, 0.1) is 47.6 Å². The maximum Gasteiger partial charge on any atom is 0.144 e. The molecule has 0 unspecified atom stereocenters. The van der Waals surface area contributed by atoms with Crippen molar-refractivity contribution in [3.8, 4) is 73.5 Å². The Morgan fingerprint density at radius 2 is 0.704 bits per heavy atom. The van der Waals surface area contributed by atoms with Gasteiger partial charge < -0.3 is 4.57 Å². The Kier molecular flexibility index (Phi) is 16.1. The summed E-state index contributed by atoms with van der Waals surface area (Å²) in [5, 5.41) is 0. The second-order valence-corrected chi connectivity index (χ2v) is 18.3. The Balaban J connectivity index is 0.000000143. The second-order valence-electron chi connectivity index (χ2n) is 17.4. The number of halogens is 1. The Bertz CT molecular complexity index is 3300. The van der Waals surface area contributed by atoms with Crippen molar-refractivity contribution in [3.63, 3.8) is 0 Å². The number of aryl methyl sites for hydroxylation is 6. The van der Waals surface area contributed by atoms with Gasteiger partial charge in [0, 0.05) is 78.6 Å². The van der Waals surface area contributed by atoms with Crippen LogP contribution in [0.2, 0.25) is 0 Å². The summed E-state index contributed by atoms with van der Waals surface area (Å²) >= 11 is 3.52. The summed E-state index contributed by atoms with van der Waals surface area (Å²) < 4.78 is 7.57. The van der Waals surface area contributed by atoms with Crippen molar-refractivity contribution in [2.75, 3.05) is 0 Å². The number of imidazole rings is 3. The topological polar surface area (TPSA) is 53.5 Å². The van der Waals surface area contributed by atoms with Crippen molar-refractivity contribution in [1.29, 1.82) is 0 Å². The van der Waals surface area contributed by atoms with Crippen LogP contribution in [0.25, 0.3) is 73.5 Å². The number of hydrogen-bond acceptors (Lipinski definition) is 3. The van der Waals surface area contributed by atoms with Gasteiger partial charge in [-0.05, 0) is 110 Å². The van der Waals surface area contributed by atoms with Gasteiger partial charge in [0.15, 0.2) is 0 Å². The first-order valence-corrected chi connectivity index (χ1v) is 24.2. The van der Waals surface area contributed by atoms with Gasteiger partial charge in [-0.25, -0.2) is 9.97 Å². The van der Waals surface area contributed by atoms with Crippen molar-refractivity contribution in [1.82, 2.24) is 28.7 Å². The number of hydrogen-bond donors (Lipinski definition) is 0. The van der Waals surface area contributed by atoms with E-state index in [4.69, 9.17) is 0 Å². The van der Waals surface area contributed by atoms with E-state index in [1.165, 1.54) is 72.7 Å². The largest absolute Gasteiger partial charge is 0.340 e. The molecule has 71 heavy (non-hydrogen) atoms. The molecule has 0 aliphatic carbocycles. The maximum atomic E-state index is 4.64. The maximum absolute atomic E-state index is 4.64. The number of benzene rings is 8. The van der Waals surface area contributed by atoms with Crippen LogP contribution in [0.1, 0.15) is 33.4 Å². The van der Waals surface area contributed by atoms with Crippen molar-refractivity contribution >= 4 is 15.9 Å². The van der Waals surface area contributed by atoms with Crippen LogP contribution in [0.3, 0.4) is 0 Å². The van der Waals surface area contributed by atoms with Crippen LogP contribution in [0.5, 0.6) is 0 Å². The van der Waals surface area contributed by atoms with Gasteiger partial charge in [0.1, 0.15) is 11.6 Å². The molecule has 0 aliphatic heterocycles. The van der Waals surface area contributed by atoms with E-state index in [-0.39, 0.29) is 20.1 Å². The molecule has 3 heterocycles. The molecular formula is C63H54BrIrN6-. The molecule has 11 aromatic rings. The first-order chi connectivity index (χ1) is 34.1. The molecule has 0 spiro atoms. The van der Waals surface area contributed by atoms with Crippen LogP contribution in [0.15, 0.2) is 224 Å². The molecule has 0 fully saturated rings. The third-order valence-corrected chi connectivity index (χ3v) is 12.9. The number of aromatic nitrogens is 6. The fraction of sp³-hybridized carbons (Fsp3) is 0.0952. The minimum absolute atomic E-state index is 0. The molecule has 0 atom stereocenters. The van der Waals surface area contributed by atoms with E-state index in [1.54, 1.807) is 0 Å². The Hall–Kier alpha value is -7.48. The molecule has 0 amide bonds. The molecule has 8 heteroatoms. The van der Waals surface area contributed by atoms with E-state index in [1.807, 2.05) is 67.5 Å². The molecule has 0 saturated carbocycles. The molecule has 3 aromatic heterocycles. The quantitative estimate of drug-likeness (QED) is 0.143. The summed E-state index contributed by atoms with van der Waals surface area (Å²) in [6, 6.07) is 66.3. The molecule has 0 N–H and O–H groups in total. The van der Waals surface area contributed by atoms with Gasteiger partial charge in [-0.3, -0.25) is 14.1 Å². The van der Waals surface area contributed by atoms with Gasteiger partial charge >= 0.3 is 0 Å². The van der Waals surface area contributed by atoms with Crippen LogP contribution >= 0.6 is 15.9 Å². The average molecular weight is 1170 g/mol. The van der Waals surface area contributed by atoms with Gasteiger partial charge in [0.25, 0.3) is 0 Å². The fourth-order valence-electron chi connectivity index (χ4n) is 9.14. The van der Waals surface area contributed by atoms with Crippen LogP contribution in [0.4, 0.5) is 0 Å². The number of rotatable bonds is 8. The molecular weight excluding hydrogens is 1110 g/mol. The first kappa shape index (κ1) is 49.9. The monoisotopic (exact) mass is 1170 g/mol. The molecule has 353 valence electrons. The van der Waals surface area contributed by atoms with Crippen molar-refractivity contribution in [2.45, 2.75) is 41.5 Å². The molecule has 8 aromatic carbocycles. The van der Waals surface area contributed by atoms with Crippen LogP contribution in [-0.2, 0) is 20.1 Å². The smallest absolute Gasteiger partial charge is 0.144 e. The van der Waals surface area contributed by atoms with E-state index in [0.29, 0.717) is 0 Å². The Labute approximate surface area is 439 Å². The third-order valence-electron chi connectivity index (χ3n) is 12.4. The van der Waals surface area contributed by atoms with Crippen molar-refractivity contribution in [3.05, 3.63) is 263 Å². The second kappa shape index (κ2) is 23.0. The normalized spacial score (nSPS) is 10.6. The van der Waals surface area contributed by atoms with E-state index < -0.39 is 0 Å². The zero-order valence-electron chi connectivity index (χ0n) is 40.7. The zero-order valence-corrected chi connectivity index (χ0v) is 44.7. The molecule has 11 rings (SSSR count). The summed E-state index contributed by atoms with van der Waals surface area (Å²) in [6.07, 6.45) is 11.7. The number of para-hydroxylation sites is 3. The Morgan fingerprint density at radius 1 is 0.352 bits per heavy atom. The molecule has 0 bridgehead atoms. The predicted molar refractivity (Wildman–Crippen MR) is 293 cm³/mol.